The van der Waals surface area contributed by atoms with Gasteiger partial charge in [0.2, 0.25) is 0 Å². The zero-order valence-corrected chi connectivity index (χ0v) is 9.73. The van der Waals surface area contributed by atoms with E-state index in [9.17, 15) is 0 Å². The third-order valence-corrected chi connectivity index (χ3v) is 2.48. The fraction of sp³-hybridized carbons (Fsp3) is 0.154. The van der Waals surface area contributed by atoms with Crippen LogP contribution in [-0.4, -0.2) is 11.5 Å². The largest absolute Gasteiger partial charge is 0.329 e. The van der Waals surface area contributed by atoms with Crippen molar-refractivity contribution in [1.82, 2.24) is 4.98 Å². The highest BCUT2D eigenvalue weighted by Gasteiger charge is 2.12. The summed E-state index contributed by atoms with van der Waals surface area (Å²) in [6.07, 6.45) is 1.81. The number of aromatic nitrogens is 1. The first kappa shape index (κ1) is 12.7. The lowest BCUT2D eigenvalue weighted by atomic mass is 9.95. The van der Waals surface area contributed by atoms with Crippen molar-refractivity contribution in [2.24, 2.45) is 5.73 Å². The molecule has 1 atom stereocenters. The highest BCUT2D eigenvalue weighted by Crippen LogP contribution is 2.20. The van der Waals surface area contributed by atoms with E-state index in [1.54, 1.807) is 6.20 Å². The van der Waals surface area contributed by atoms with Crippen molar-refractivity contribution in [3.63, 3.8) is 0 Å². The predicted octanol–water partition coefficient (Wildman–Crippen LogP) is 2.59. The van der Waals surface area contributed by atoms with Crippen molar-refractivity contribution in [3.05, 3.63) is 66.0 Å². The van der Waals surface area contributed by atoms with Gasteiger partial charge in [0.05, 0.1) is 0 Å². The molecule has 0 saturated carbocycles. The molecule has 0 fully saturated rings. The SMILES string of the molecule is Cl.NCC(c1ccccc1)c1ccccn1. The van der Waals surface area contributed by atoms with E-state index in [0.29, 0.717) is 6.54 Å². The Morgan fingerprint density at radius 2 is 1.69 bits per heavy atom. The van der Waals surface area contributed by atoms with Crippen LogP contribution in [0.4, 0.5) is 0 Å². The maximum absolute atomic E-state index is 5.80. The maximum atomic E-state index is 5.80. The van der Waals surface area contributed by atoms with E-state index in [2.05, 4.69) is 17.1 Å². The van der Waals surface area contributed by atoms with Crippen molar-refractivity contribution >= 4 is 12.4 Å². The molecule has 2 N–H and O–H groups in total. The van der Waals surface area contributed by atoms with Crippen LogP contribution in [0.15, 0.2) is 54.7 Å². The molecular weight excluding hydrogens is 220 g/mol. The zero-order chi connectivity index (χ0) is 10.5. The highest BCUT2D eigenvalue weighted by atomic mass is 35.5. The van der Waals surface area contributed by atoms with Gasteiger partial charge >= 0.3 is 0 Å². The molecule has 0 bridgehead atoms. The van der Waals surface area contributed by atoms with Crippen molar-refractivity contribution < 1.29 is 0 Å². The van der Waals surface area contributed by atoms with Crippen LogP contribution in [0, 0.1) is 0 Å². The molecule has 1 heterocycles. The van der Waals surface area contributed by atoms with Crippen LogP contribution >= 0.6 is 12.4 Å². The van der Waals surface area contributed by atoms with Crippen molar-refractivity contribution in [1.29, 1.82) is 0 Å². The third-order valence-electron chi connectivity index (χ3n) is 2.48. The lowest BCUT2D eigenvalue weighted by Gasteiger charge is -2.14. The van der Waals surface area contributed by atoms with E-state index < -0.39 is 0 Å². The molecule has 0 amide bonds. The van der Waals surface area contributed by atoms with Gasteiger partial charge < -0.3 is 5.73 Å². The quantitative estimate of drug-likeness (QED) is 0.887. The first-order chi connectivity index (χ1) is 7.42. The van der Waals surface area contributed by atoms with Crippen LogP contribution < -0.4 is 5.73 Å². The molecule has 84 valence electrons. The van der Waals surface area contributed by atoms with Crippen LogP contribution in [0.1, 0.15) is 17.2 Å². The lowest BCUT2D eigenvalue weighted by Crippen LogP contribution is -2.14. The van der Waals surface area contributed by atoms with Crippen LogP contribution in [0.3, 0.4) is 0 Å². The Morgan fingerprint density at radius 3 is 2.25 bits per heavy atom. The first-order valence-electron chi connectivity index (χ1n) is 5.08. The molecule has 0 aliphatic carbocycles. The van der Waals surface area contributed by atoms with Crippen LogP contribution in [0.25, 0.3) is 0 Å². The summed E-state index contributed by atoms with van der Waals surface area (Å²) in [5.41, 5.74) is 8.05. The highest BCUT2D eigenvalue weighted by molar-refractivity contribution is 5.85. The van der Waals surface area contributed by atoms with E-state index in [4.69, 9.17) is 5.73 Å². The Kier molecular flexibility index (Phi) is 4.96. The van der Waals surface area contributed by atoms with E-state index in [1.165, 1.54) is 5.56 Å². The van der Waals surface area contributed by atoms with Crippen LogP contribution in [0.2, 0.25) is 0 Å². The molecule has 0 saturated heterocycles. The van der Waals surface area contributed by atoms with E-state index in [0.717, 1.165) is 5.69 Å². The summed E-state index contributed by atoms with van der Waals surface area (Å²) < 4.78 is 0. The van der Waals surface area contributed by atoms with Crippen molar-refractivity contribution in [2.75, 3.05) is 6.54 Å². The monoisotopic (exact) mass is 234 g/mol. The van der Waals surface area contributed by atoms with Gasteiger partial charge in [-0.25, -0.2) is 0 Å². The Morgan fingerprint density at radius 1 is 1.00 bits per heavy atom. The fourth-order valence-electron chi connectivity index (χ4n) is 1.70. The molecule has 1 aromatic carbocycles. The summed E-state index contributed by atoms with van der Waals surface area (Å²) >= 11 is 0. The van der Waals surface area contributed by atoms with Gasteiger partial charge in [0.15, 0.2) is 0 Å². The second kappa shape index (κ2) is 6.26. The first-order valence-corrected chi connectivity index (χ1v) is 5.08. The smallest absolute Gasteiger partial charge is 0.0491 e. The molecule has 0 aliphatic heterocycles. The number of rotatable bonds is 3. The molecule has 0 radical (unpaired) electrons. The predicted molar refractivity (Wildman–Crippen MR) is 68.8 cm³/mol. The Hall–Kier alpha value is -1.38. The summed E-state index contributed by atoms with van der Waals surface area (Å²) in [6.45, 7) is 0.584. The molecule has 2 rings (SSSR count). The molecule has 3 heteroatoms. The van der Waals surface area contributed by atoms with Gasteiger partial charge in [0.1, 0.15) is 0 Å². The minimum absolute atomic E-state index is 0. The second-order valence-corrected chi connectivity index (χ2v) is 3.45. The van der Waals surface area contributed by atoms with E-state index in [-0.39, 0.29) is 18.3 Å². The van der Waals surface area contributed by atoms with Gasteiger partial charge in [-0.05, 0) is 17.7 Å². The van der Waals surface area contributed by atoms with Gasteiger partial charge in [-0.3, -0.25) is 4.98 Å². The van der Waals surface area contributed by atoms with E-state index in [1.807, 2.05) is 36.4 Å². The molecule has 1 unspecified atom stereocenters. The van der Waals surface area contributed by atoms with Gasteiger partial charge in [-0.2, -0.15) is 0 Å². The topological polar surface area (TPSA) is 38.9 Å². The number of halogens is 1. The average molecular weight is 235 g/mol. The Balaban J connectivity index is 0.00000128. The summed E-state index contributed by atoms with van der Waals surface area (Å²) in [4.78, 5) is 4.35. The van der Waals surface area contributed by atoms with Gasteiger partial charge in [0, 0.05) is 24.4 Å². The summed E-state index contributed by atoms with van der Waals surface area (Å²) in [6, 6.07) is 16.2. The molecule has 2 nitrogen and oxygen atoms in total. The number of benzene rings is 1. The van der Waals surface area contributed by atoms with Gasteiger partial charge in [-0.15, -0.1) is 12.4 Å². The van der Waals surface area contributed by atoms with Crippen molar-refractivity contribution in [2.45, 2.75) is 5.92 Å². The van der Waals surface area contributed by atoms with Gasteiger partial charge in [-0.1, -0.05) is 36.4 Å². The molecule has 2 aromatic rings. The minimum Gasteiger partial charge on any atom is -0.329 e. The number of nitrogens with zero attached hydrogens (tertiary/aromatic N) is 1. The molecular formula is C13H15ClN2. The average Bonchev–Trinajstić information content (AvgIpc) is 2.33. The maximum Gasteiger partial charge on any atom is 0.0491 e. The summed E-state index contributed by atoms with van der Waals surface area (Å²) in [5.74, 6) is 0.201. The molecule has 0 aliphatic rings. The Bertz CT molecular complexity index is 363. The van der Waals surface area contributed by atoms with Gasteiger partial charge in [0.25, 0.3) is 0 Å². The summed E-state index contributed by atoms with van der Waals surface area (Å²) in [7, 11) is 0. The van der Waals surface area contributed by atoms with Crippen molar-refractivity contribution in [3.8, 4) is 0 Å². The van der Waals surface area contributed by atoms with Crippen LogP contribution in [0.5, 0.6) is 0 Å². The zero-order valence-electron chi connectivity index (χ0n) is 8.91. The summed E-state index contributed by atoms with van der Waals surface area (Å²) in [5, 5.41) is 0. The number of hydrogen-bond donors (Lipinski definition) is 1. The fourth-order valence-corrected chi connectivity index (χ4v) is 1.70. The number of hydrogen-bond acceptors (Lipinski definition) is 2. The third kappa shape index (κ3) is 2.81. The number of nitrogens with two attached hydrogens (primary N) is 1. The normalized spacial score (nSPS) is 11.6. The molecule has 16 heavy (non-hydrogen) atoms. The molecule has 1 aromatic heterocycles. The van der Waals surface area contributed by atoms with Crippen LogP contribution in [-0.2, 0) is 0 Å². The van der Waals surface area contributed by atoms with E-state index >= 15 is 0 Å². The molecule has 0 spiro atoms. The standard InChI is InChI=1S/C13H14N2.ClH/c14-10-12(11-6-2-1-3-7-11)13-8-4-5-9-15-13;/h1-9,12H,10,14H2;1H. The Labute approximate surface area is 102 Å². The minimum atomic E-state index is 0. The lowest BCUT2D eigenvalue weighted by molar-refractivity contribution is 0.787. The second-order valence-electron chi connectivity index (χ2n) is 3.45. The number of pyridine rings is 1.